The topological polar surface area (TPSA) is 93.1 Å². The Labute approximate surface area is 133 Å². The Bertz CT molecular complexity index is 686. The minimum atomic E-state index is -0.770. The predicted molar refractivity (Wildman–Crippen MR) is 82.4 cm³/mol. The molecule has 6 heteroatoms. The van der Waals surface area contributed by atoms with Gasteiger partial charge in [-0.2, -0.15) is 0 Å². The zero-order valence-electron chi connectivity index (χ0n) is 12.9. The van der Waals surface area contributed by atoms with Crippen molar-refractivity contribution >= 4 is 11.6 Å². The summed E-state index contributed by atoms with van der Waals surface area (Å²) in [5.41, 5.74) is 0.617. The average molecular weight is 318 g/mol. The Balaban J connectivity index is 2.11. The van der Waals surface area contributed by atoms with E-state index in [1.807, 2.05) is 0 Å². The summed E-state index contributed by atoms with van der Waals surface area (Å²) in [5.74, 6) is -0.345. The fourth-order valence-corrected chi connectivity index (χ4v) is 2.25. The molecular formula is C17H18O6. The molecule has 0 aliphatic heterocycles. The SMILES string of the molecule is COC1=CC(C(=O)CC(=O)c2ccc(O)c(OC)c2)=CCC1O. The molecule has 0 saturated carbocycles. The third-order valence-electron chi connectivity index (χ3n) is 3.57. The molecule has 0 bridgehead atoms. The molecule has 1 aliphatic rings. The number of hydrogen-bond acceptors (Lipinski definition) is 6. The third-order valence-corrected chi connectivity index (χ3v) is 3.57. The highest BCUT2D eigenvalue weighted by Gasteiger charge is 2.22. The lowest BCUT2D eigenvalue weighted by Gasteiger charge is -2.17. The van der Waals surface area contributed by atoms with Crippen molar-refractivity contribution in [1.82, 2.24) is 0 Å². The first-order chi connectivity index (χ1) is 11.0. The van der Waals surface area contributed by atoms with Crippen LogP contribution in [0.3, 0.4) is 0 Å². The number of carbonyl (C=O) groups is 2. The minimum Gasteiger partial charge on any atom is -0.504 e. The number of aliphatic hydroxyl groups is 1. The third kappa shape index (κ3) is 3.78. The van der Waals surface area contributed by atoms with E-state index >= 15 is 0 Å². The molecule has 2 rings (SSSR count). The van der Waals surface area contributed by atoms with E-state index in [9.17, 15) is 19.8 Å². The summed E-state index contributed by atoms with van der Waals surface area (Å²) in [4.78, 5) is 24.4. The van der Waals surface area contributed by atoms with E-state index < -0.39 is 6.10 Å². The molecule has 0 heterocycles. The van der Waals surface area contributed by atoms with Crippen LogP contribution in [0.25, 0.3) is 0 Å². The summed E-state index contributed by atoms with van der Waals surface area (Å²) in [7, 11) is 2.79. The summed E-state index contributed by atoms with van der Waals surface area (Å²) in [6, 6.07) is 4.17. The van der Waals surface area contributed by atoms with Crippen LogP contribution in [-0.2, 0) is 9.53 Å². The number of allylic oxidation sites excluding steroid dienone is 2. The highest BCUT2D eigenvalue weighted by atomic mass is 16.5. The second kappa shape index (κ2) is 7.11. The van der Waals surface area contributed by atoms with Crippen molar-refractivity contribution < 1.29 is 29.3 Å². The van der Waals surface area contributed by atoms with E-state index in [2.05, 4.69) is 0 Å². The first-order valence-corrected chi connectivity index (χ1v) is 7.03. The maximum atomic E-state index is 12.2. The molecule has 0 amide bonds. The van der Waals surface area contributed by atoms with E-state index in [-0.39, 0.29) is 41.5 Å². The Hall–Kier alpha value is -2.60. The van der Waals surface area contributed by atoms with E-state index in [4.69, 9.17) is 9.47 Å². The lowest BCUT2D eigenvalue weighted by atomic mass is 9.96. The monoisotopic (exact) mass is 318 g/mol. The van der Waals surface area contributed by atoms with Crippen LogP contribution in [-0.4, -0.2) is 42.1 Å². The number of methoxy groups -OCH3 is 2. The molecule has 2 N–H and O–H groups in total. The molecule has 122 valence electrons. The number of hydrogen-bond donors (Lipinski definition) is 2. The van der Waals surface area contributed by atoms with Crippen LogP contribution in [0, 0.1) is 0 Å². The van der Waals surface area contributed by atoms with Crippen LogP contribution in [0.2, 0.25) is 0 Å². The van der Waals surface area contributed by atoms with Crippen LogP contribution in [0.5, 0.6) is 11.5 Å². The Morgan fingerprint density at radius 2 is 1.96 bits per heavy atom. The second-order valence-corrected chi connectivity index (χ2v) is 5.07. The average Bonchev–Trinajstić information content (AvgIpc) is 2.55. The van der Waals surface area contributed by atoms with E-state index in [0.717, 1.165) is 0 Å². The Morgan fingerprint density at radius 3 is 2.61 bits per heavy atom. The summed E-state index contributed by atoms with van der Waals surface area (Å²) in [5, 5.41) is 19.2. The zero-order valence-corrected chi connectivity index (χ0v) is 12.9. The van der Waals surface area contributed by atoms with Crippen LogP contribution >= 0.6 is 0 Å². The van der Waals surface area contributed by atoms with Crippen molar-refractivity contribution in [2.75, 3.05) is 14.2 Å². The number of Topliss-reactive ketones (excluding diaryl/α,β-unsaturated/α-hetero) is 2. The van der Waals surface area contributed by atoms with E-state index in [1.54, 1.807) is 6.08 Å². The van der Waals surface area contributed by atoms with Gasteiger partial charge in [0.2, 0.25) is 0 Å². The number of rotatable bonds is 6. The molecule has 0 spiro atoms. The first-order valence-electron chi connectivity index (χ1n) is 7.03. The van der Waals surface area contributed by atoms with Gasteiger partial charge < -0.3 is 19.7 Å². The molecule has 23 heavy (non-hydrogen) atoms. The lowest BCUT2D eigenvalue weighted by Crippen LogP contribution is -2.18. The number of phenolic OH excluding ortho intramolecular Hbond substituents is 1. The summed E-state index contributed by atoms with van der Waals surface area (Å²) in [6.07, 6.45) is 2.21. The minimum absolute atomic E-state index is 0.0768. The molecule has 0 radical (unpaired) electrons. The fraction of sp³-hybridized carbons (Fsp3) is 0.294. The number of aromatic hydroxyl groups is 1. The highest BCUT2D eigenvalue weighted by molar-refractivity contribution is 6.14. The van der Waals surface area contributed by atoms with Crippen molar-refractivity contribution in [2.24, 2.45) is 0 Å². The van der Waals surface area contributed by atoms with E-state index in [0.29, 0.717) is 11.3 Å². The van der Waals surface area contributed by atoms with Gasteiger partial charge in [0.25, 0.3) is 0 Å². The largest absolute Gasteiger partial charge is 0.504 e. The van der Waals surface area contributed by atoms with Crippen molar-refractivity contribution in [3.05, 3.63) is 47.2 Å². The standard InChI is InChI=1S/C17H18O6/c1-22-16-7-10(3-5-12(16)18)14(20)9-15(21)11-4-6-13(19)17(8-11)23-2/h3-5,7-8,13,18-19H,6,9H2,1-2H3. The van der Waals surface area contributed by atoms with Gasteiger partial charge in [0.1, 0.15) is 11.9 Å². The number of phenols is 1. The Kier molecular flexibility index (Phi) is 5.18. The van der Waals surface area contributed by atoms with Crippen LogP contribution in [0.15, 0.2) is 41.7 Å². The normalized spacial score (nSPS) is 17.1. The summed E-state index contributed by atoms with van der Waals surface area (Å²) < 4.78 is 9.95. The van der Waals surface area contributed by atoms with Gasteiger partial charge in [-0.3, -0.25) is 9.59 Å². The number of carbonyl (C=O) groups excluding carboxylic acids is 2. The van der Waals surface area contributed by atoms with Gasteiger partial charge in [-0.1, -0.05) is 6.08 Å². The lowest BCUT2D eigenvalue weighted by molar-refractivity contribution is -0.114. The zero-order chi connectivity index (χ0) is 17.0. The molecule has 1 aliphatic carbocycles. The van der Waals surface area contributed by atoms with Crippen LogP contribution < -0.4 is 4.74 Å². The van der Waals surface area contributed by atoms with E-state index in [1.165, 1.54) is 38.5 Å². The van der Waals surface area contributed by atoms with Gasteiger partial charge in [-0.15, -0.1) is 0 Å². The molecule has 1 aromatic carbocycles. The first kappa shape index (κ1) is 16.8. The summed E-state index contributed by atoms with van der Waals surface area (Å²) in [6.45, 7) is 0. The number of aliphatic hydroxyl groups excluding tert-OH is 1. The van der Waals surface area contributed by atoms with Crippen molar-refractivity contribution in [3.63, 3.8) is 0 Å². The predicted octanol–water partition coefficient (Wildman–Crippen LogP) is 1.76. The molecule has 1 atom stereocenters. The molecule has 0 aromatic heterocycles. The number of benzene rings is 1. The second-order valence-electron chi connectivity index (χ2n) is 5.07. The van der Waals surface area contributed by atoms with Crippen molar-refractivity contribution in [3.8, 4) is 11.5 Å². The molecule has 0 saturated heterocycles. The van der Waals surface area contributed by atoms with Gasteiger partial charge in [-0.05, 0) is 30.7 Å². The van der Waals surface area contributed by atoms with Gasteiger partial charge in [-0.25, -0.2) is 0 Å². The smallest absolute Gasteiger partial charge is 0.170 e. The molecule has 1 unspecified atom stereocenters. The summed E-state index contributed by atoms with van der Waals surface area (Å²) >= 11 is 0. The molecule has 1 aromatic rings. The van der Waals surface area contributed by atoms with Gasteiger partial charge in [0.15, 0.2) is 23.1 Å². The number of ketones is 2. The molecule has 6 nitrogen and oxygen atoms in total. The van der Waals surface area contributed by atoms with Crippen LogP contribution in [0.1, 0.15) is 23.2 Å². The highest BCUT2D eigenvalue weighted by Crippen LogP contribution is 2.27. The maximum Gasteiger partial charge on any atom is 0.170 e. The van der Waals surface area contributed by atoms with Gasteiger partial charge in [0.05, 0.1) is 20.6 Å². The fourth-order valence-electron chi connectivity index (χ4n) is 2.25. The van der Waals surface area contributed by atoms with Crippen molar-refractivity contribution in [2.45, 2.75) is 18.9 Å². The van der Waals surface area contributed by atoms with Crippen molar-refractivity contribution in [1.29, 1.82) is 0 Å². The number of ether oxygens (including phenoxy) is 2. The quantitative estimate of drug-likeness (QED) is 0.613. The van der Waals surface area contributed by atoms with Gasteiger partial charge in [0, 0.05) is 11.1 Å². The van der Waals surface area contributed by atoms with Crippen LogP contribution in [0.4, 0.5) is 0 Å². The Morgan fingerprint density at radius 1 is 1.22 bits per heavy atom. The van der Waals surface area contributed by atoms with Gasteiger partial charge >= 0.3 is 0 Å². The molecular weight excluding hydrogens is 300 g/mol. The molecule has 0 fully saturated rings. The maximum absolute atomic E-state index is 12.2.